The first kappa shape index (κ1) is 14.4. The number of hydrogen-bond acceptors (Lipinski definition) is 2. The van der Waals surface area contributed by atoms with Crippen molar-refractivity contribution in [2.75, 3.05) is 44.6 Å². The molecule has 1 heterocycles. The molecule has 1 fully saturated rings. The summed E-state index contributed by atoms with van der Waals surface area (Å²) in [6.45, 7) is 4.59. The molecule has 1 aliphatic heterocycles. The Bertz CT molecular complexity index is 489. The zero-order valence-corrected chi connectivity index (χ0v) is 11.3. The van der Waals surface area contributed by atoms with Crippen LogP contribution < -0.4 is 15.1 Å². The lowest BCUT2D eigenvalue weighted by Crippen LogP contribution is -3.28. The normalized spacial score (nSPS) is 22.0. The number of nitriles is 1. The molecule has 5 nitrogen and oxygen atoms in total. The molecule has 0 spiro atoms. The van der Waals surface area contributed by atoms with Crippen molar-refractivity contribution in [3.8, 4) is 6.07 Å². The minimum atomic E-state index is -0.315. The second-order valence-electron chi connectivity index (χ2n) is 5.07. The number of anilines is 1. The molecule has 0 aliphatic carbocycles. The molecule has 0 atom stereocenters. The predicted molar refractivity (Wildman–Crippen MR) is 71.8 cm³/mol. The van der Waals surface area contributed by atoms with Crippen LogP contribution in [-0.2, 0) is 4.79 Å². The van der Waals surface area contributed by atoms with Crippen LogP contribution in [0.1, 0.15) is 0 Å². The van der Waals surface area contributed by atoms with E-state index in [0.717, 1.165) is 26.2 Å². The summed E-state index contributed by atoms with van der Waals surface area (Å²) < 4.78 is 12.8. The lowest BCUT2D eigenvalue weighted by molar-refractivity contribution is -1.01. The van der Waals surface area contributed by atoms with E-state index in [2.05, 4.69) is 11.4 Å². The van der Waals surface area contributed by atoms with Gasteiger partial charge in [-0.1, -0.05) is 0 Å². The molecule has 0 bridgehead atoms. The Labute approximate surface area is 117 Å². The van der Waals surface area contributed by atoms with Crippen molar-refractivity contribution >= 4 is 11.6 Å². The molecule has 1 saturated heterocycles. The lowest BCUT2D eigenvalue weighted by Gasteiger charge is -2.27. The summed E-state index contributed by atoms with van der Waals surface area (Å²) in [5.74, 6) is -0.374. The van der Waals surface area contributed by atoms with Gasteiger partial charge in [0.2, 0.25) is 0 Å². The van der Waals surface area contributed by atoms with E-state index in [-0.39, 0.29) is 11.7 Å². The van der Waals surface area contributed by atoms with Gasteiger partial charge in [-0.15, -0.1) is 0 Å². The third-order valence-electron chi connectivity index (χ3n) is 3.53. The summed E-state index contributed by atoms with van der Waals surface area (Å²) in [6.07, 6.45) is 0. The van der Waals surface area contributed by atoms with E-state index in [9.17, 15) is 9.18 Å². The molecule has 0 aromatic heterocycles. The number of piperazine rings is 1. The van der Waals surface area contributed by atoms with Gasteiger partial charge < -0.3 is 15.1 Å². The average molecular weight is 278 g/mol. The monoisotopic (exact) mass is 278 g/mol. The van der Waals surface area contributed by atoms with Crippen molar-refractivity contribution in [2.24, 2.45) is 0 Å². The van der Waals surface area contributed by atoms with E-state index in [1.54, 1.807) is 12.1 Å². The minimum Gasteiger partial charge on any atom is -0.321 e. The molecule has 3 N–H and O–H groups in total. The highest BCUT2D eigenvalue weighted by Gasteiger charge is 2.24. The first-order valence-electron chi connectivity index (χ1n) is 6.77. The molecule has 1 aliphatic rings. The van der Waals surface area contributed by atoms with Crippen molar-refractivity contribution in [3.63, 3.8) is 0 Å². The molecule has 20 heavy (non-hydrogen) atoms. The number of hydrogen-bond donors (Lipinski definition) is 3. The summed E-state index contributed by atoms with van der Waals surface area (Å²) in [5.41, 5.74) is 0.615. The van der Waals surface area contributed by atoms with Gasteiger partial charge in [-0.2, -0.15) is 5.26 Å². The van der Waals surface area contributed by atoms with Gasteiger partial charge in [0, 0.05) is 5.69 Å². The van der Waals surface area contributed by atoms with Crippen LogP contribution in [0.3, 0.4) is 0 Å². The molecule has 106 valence electrons. The standard InChI is InChI=1S/C14H17FN4O/c15-12-1-3-13(4-2-12)17-14(20)11-19-9-7-18(6-5-16)8-10-19/h1-4H,6-11H2,(H,17,20)/p+2. The quantitative estimate of drug-likeness (QED) is 0.562. The minimum absolute atomic E-state index is 0.0599. The van der Waals surface area contributed by atoms with Gasteiger partial charge >= 0.3 is 0 Å². The number of quaternary nitrogens is 2. The van der Waals surface area contributed by atoms with E-state index in [4.69, 9.17) is 5.26 Å². The van der Waals surface area contributed by atoms with Crippen molar-refractivity contribution in [3.05, 3.63) is 30.1 Å². The Morgan fingerprint density at radius 2 is 1.80 bits per heavy atom. The van der Waals surface area contributed by atoms with E-state index in [1.807, 2.05) is 0 Å². The van der Waals surface area contributed by atoms with Crippen LogP contribution in [0.2, 0.25) is 0 Å². The van der Waals surface area contributed by atoms with Crippen LogP contribution in [-0.4, -0.2) is 45.2 Å². The fraction of sp³-hybridized carbons (Fsp3) is 0.429. The molecule has 0 radical (unpaired) electrons. The number of carbonyl (C=O) groups is 1. The number of nitrogens with one attached hydrogen (secondary N) is 3. The van der Waals surface area contributed by atoms with Gasteiger partial charge in [-0.05, 0) is 24.3 Å². The Hall–Kier alpha value is -1.97. The second kappa shape index (κ2) is 6.98. The molecule has 2 rings (SSSR count). The van der Waals surface area contributed by atoms with Gasteiger partial charge in [0.1, 0.15) is 38.1 Å². The fourth-order valence-corrected chi connectivity index (χ4v) is 2.39. The highest BCUT2D eigenvalue weighted by Crippen LogP contribution is 2.07. The maximum Gasteiger partial charge on any atom is 0.279 e. The topological polar surface area (TPSA) is 61.8 Å². The van der Waals surface area contributed by atoms with E-state index in [0.29, 0.717) is 18.8 Å². The molecular formula is C14H19FN4O+2. The van der Waals surface area contributed by atoms with Gasteiger partial charge in [-0.3, -0.25) is 4.79 Å². The lowest BCUT2D eigenvalue weighted by atomic mass is 10.3. The zero-order chi connectivity index (χ0) is 14.4. The van der Waals surface area contributed by atoms with Crippen LogP contribution >= 0.6 is 0 Å². The van der Waals surface area contributed by atoms with Crippen molar-refractivity contribution in [2.45, 2.75) is 0 Å². The number of benzene rings is 1. The highest BCUT2D eigenvalue weighted by molar-refractivity contribution is 5.91. The zero-order valence-electron chi connectivity index (χ0n) is 11.3. The average Bonchev–Trinajstić information content (AvgIpc) is 2.44. The summed E-state index contributed by atoms with van der Waals surface area (Å²) in [6, 6.07) is 7.93. The van der Waals surface area contributed by atoms with E-state index < -0.39 is 0 Å². The molecule has 6 heteroatoms. The summed E-state index contributed by atoms with van der Waals surface area (Å²) in [5, 5.41) is 11.4. The number of amides is 1. The second-order valence-corrected chi connectivity index (χ2v) is 5.07. The maximum atomic E-state index is 12.8. The molecule has 0 saturated carbocycles. The number of nitrogens with zero attached hydrogens (tertiary/aromatic N) is 1. The van der Waals surface area contributed by atoms with Gasteiger partial charge in [-0.25, -0.2) is 4.39 Å². The summed E-state index contributed by atoms with van der Waals surface area (Å²) in [4.78, 5) is 14.4. The van der Waals surface area contributed by atoms with Crippen LogP contribution in [0.25, 0.3) is 0 Å². The van der Waals surface area contributed by atoms with E-state index >= 15 is 0 Å². The van der Waals surface area contributed by atoms with Crippen LogP contribution in [0.5, 0.6) is 0 Å². The first-order valence-corrected chi connectivity index (χ1v) is 6.77. The Kier molecular flexibility index (Phi) is 5.04. The highest BCUT2D eigenvalue weighted by atomic mass is 19.1. The largest absolute Gasteiger partial charge is 0.321 e. The molecule has 1 aromatic rings. The summed E-state index contributed by atoms with van der Waals surface area (Å²) in [7, 11) is 0. The van der Waals surface area contributed by atoms with Gasteiger partial charge in [0.25, 0.3) is 5.91 Å². The number of carbonyl (C=O) groups excluding carboxylic acids is 1. The van der Waals surface area contributed by atoms with Gasteiger partial charge in [0.05, 0.1) is 0 Å². The van der Waals surface area contributed by atoms with Crippen molar-refractivity contribution in [1.82, 2.24) is 0 Å². The number of rotatable bonds is 4. The first-order chi connectivity index (χ1) is 9.67. The van der Waals surface area contributed by atoms with Crippen LogP contribution in [0, 0.1) is 17.1 Å². The molecular weight excluding hydrogens is 259 g/mol. The number of halogens is 1. The van der Waals surface area contributed by atoms with Gasteiger partial charge in [0.15, 0.2) is 13.1 Å². The Morgan fingerprint density at radius 3 is 2.40 bits per heavy atom. The van der Waals surface area contributed by atoms with Crippen LogP contribution in [0.4, 0.5) is 10.1 Å². The smallest absolute Gasteiger partial charge is 0.279 e. The van der Waals surface area contributed by atoms with Crippen molar-refractivity contribution in [1.29, 1.82) is 5.26 Å². The SMILES string of the molecule is N#CC[NH+]1CC[NH+](CC(=O)Nc2ccc(F)cc2)CC1. The van der Waals surface area contributed by atoms with Crippen molar-refractivity contribution < 1.29 is 19.0 Å². The summed E-state index contributed by atoms with van der Waals surface area (Å²) >= 11 is 0. The molecule has 1 aromatic carbocycles. The predicted octanol–water partition coefficient (Wildman–Crippen LogP) is -1.93. The third kappa shape index (κ3) is 4.30. The Balaban J connectivity index is 1.75. The fourth-order valence-electron chi connectivity index (χ4n) is 2.39. The third-order valence-corrected chi connectivity index (χ3v) is 3.53. The van der Waals surface area contributed by atoms with Crippen LogP contribution in [0.15, 0.2) is 24.3 Å². The Morgan fingerprint density at radius 1 is 1.20 bits per heavy atom. The maximum absolute atomic E-state index is 12.8. The van der Waals surface area contributed by atoms with E-state index in [1.165, 1.54) is 21.9 Å². The molecule has 0 unspecified atom stereocenters. The molecule has 1 amide bonds.